The summed E-state index contributed by atoms with van der Waals surface area (Å²) in [5.41, 5.74) is 0.0857. The second kappa shape index (κ2) is 9.92. The second-order valence-corrected chi connectivity index (χ2v) is 4.64. The minimum atomic E-state index is -1.56. The van der Waals surface area contributed by atoms with E-state index in [0.717, 1.165) is 6.42 Å². The summed E-state index contributed by atoms with van der Waals surface area (Å²) in [6, 6.07) is 0. The third-order valence-corrected chi connectivity index (χ3v) is 1.99. The zero-order valence-corrected chi connectivity index (χ0v) is 14.8. The molecule has 0 saturated carbocycles. The van der Waals surface area contributed by atoms with Crippen LogP contribution in [-0.4, -0.2) is 11.9 Å². The Morgan fingerprint density at radius 1 is 1.06 bits per heavy atom. The summed E-state index contributed by atoms with van der Waals surface area (Å²) in [6.45, 7) is 6.04. The van der Waals surface area contributed by atoms with Crippen molar-refractivity contribution in [1.82, 2.24) is 0 Å². The summed E-state index contributed by atoms with van der Waals surface area (Å²) >= 11 is 0. The number of carbonyl (C=O) groups excluding carboxylic acids is 2. The summed E-state index contributed by atoms with van der Waals surface area (Å²) in [5, 5.41) is 20.7. The first-order chi connectivity index (χ1) is 6.24. The molecule has 0 aromatic carbocycles. The summed E-state index contributed by atoms with van der Waals surface area (Å²) < 4.78 is 0. The molecule has 82 valence electrons. The number of rotatable bonds is 5. The van der Waals surface area contributed by atoms with Crippen LogP contribution in [0, 0.1) is 11.3 Å². The molecule has 0 radical (unpaired) electrons. The first kappa shape index (κ1) is 22.1. The molecule has 0 aliphatic rings. The topological polar surface area (TPSA) is 80.3 Å². The Kier molecular flexibility index (Phi) is 13.7. The Balaban J connectivity index is -0.000000845. The number of hydrogen-bond donors (Lipinski definition) is 0. The minimum Gasteiger partial charge on any atom is -0.549 e. The van der Waals surface area contributed by atoms with Gasteiger partial charge >= 0.3 is 59.1 Å². The fraction of sp³-hybridized carbons (Fsp3) is 0.800. The molecule has 16 heavy (non-hydrogen) atoms. The maximum atomic E-state index is 10.4. The summed E-state index contributed by atoms with van der Waals surface area (Å²) in [5.74, 6) is -4.59. The van der Waals surface area contributed by atoms with Crippen LogP contribution < -0.4 is 69.3 Å². The van der Waals surface area contributed by atoms with E-state index in [2.05, 4.69) is 0 Å². The average molecular weight is 246 g/mol. The molecule has 0 bridgehead atoms. The van der Waals surface area contributed by atoms with Gasteiger partial charge in [-0.1, -0.05) is 27.2 Å². The van der Waals surface area contributed by atoms with Crippen molar-refractivity contribution in [2.75, 3.05) is 0 Å². The molecule has 6 heteroatoms. The summed E-state index contributed by atoms with van der Waals surface area (Å²) in [6.07, 6.45) is 1.42. The van der Waals surface area contributed by atoms with E-state index in [1.54, 1.807) is 0 Å². The number of carboxylic acid groups (broad SMARTS) is 2. The molecule has 0 spiro atoms. The second-order valence-electron chi connectivity index (χ2n) is 4.64. The van der Waals surface area contributed by atoms with E-state index in [4.69, 9.17) is 0 Å². The summed E-state index contributed by atoms with van der Waals surface area (Å²) in [7, 11) is 0. The van der Waals surface area contributed by atoms with Crippen molar-refractivity contribution >= 4 is 11.9 Å². The van der Waals surface area contributed by atoms with Crippen LogP contribution in [0.2, 0.25) is 0 Å². The van der Waals surface area contributed by atoms with E-state index in [-0.39, 0.29) is 71.0 Å². The Hall–Kier alpha value is 0.940. The van der Waals surface area contributed by atoms with Crippen molar-refractivity contribution in [3.05, 3.63) is 0 Å². The van der Waals surface area contributed by atoms with Crippen molar-refractivity contribution in [2.24, 2.45) is 11.3 Å². The van der Waals surface area contributed by atoms with E-state index in [1.165, 1.54) is 0 Å². The van der Waals surface area contributed by atoms with Crippen LogP contribution in [0.1, 0.15) is 40.0 Å². The standard InChI is InChI=1S/C10H18O4.2Na/c1-10(2,3)6-4-5-7(8(11)12)9(13)14;;/h7H,4-6H2,1-3H3,(H,11,12)(H,13,14);;/q;2*+1/p-2. The monoisotopic (exact) mass is 246 g/mol. The number of carboxylic acids is 2. The van der Waals surface area contributed by atoms with Gasteiger partial charge in [0.05, 0.1) is 11.9 Å². The van der Waals surface area contributed by atoms with E-state index >= 15 is 0 Å². The van der Waals surface area contributed by atoms with Crippen LogP contribution in [0.15, 0.2) is 0 Å². The Morgan fingerprint density at radius 2 is 1.44 bits per heavy atom. The van der Waals surface area contributed by atoms with Crippen molar-refractivity contribution in [3.8, 4) is 0 Å². The molecule has 0 amide bonds. The molecular formula is C10H16Na2O4. The van der Waals surface area contributed by atoms with E-state index in [1.807, 2.05) is 20.8 Å². The van der Waals surface area contributed by atoms with Crippen molar-refractivity contribution in [3.63, 3.8) is 0 Å². The van der Waals surface area contributed by atoms with E-state index in [9.17, 15) is 19.8 Å². The number of hydrogen-bond acceptors (Lipinski definition) is 4. The molecule has 4 nitrogen and oxygen atoms in total. The zero-order chi connectivity index (χ0) is 11.4. The maximum absolute atomic E-state index is 10.4. The van der Waals surface area contributed by atoms with E-state index < -0.39 is 17.9 Å². The van der Waals surface area contributed by atoms with Gasteiger partial charge in [-0.15, -0.1) is 0 Å². The van der Waals surface area contributed by atoms with Crippen LogP contribution in [0.5, 0.6) is 0 Å². The van der Waals surface area contributed by atoms with Crippen LogP contribution in [0.4, 0.5) is 0 Å². The van der Waals surface area contributed by atoms with Gasteiger partial charge in [-0.25, -0.2) is 0 Å². The first-order valence-electron chi connectivity index (χ1n) is 4.66. The van der Waals surface area contributed by atoms with Crippen LogP contribution >= 0.6 is 0 Å². The predicted molar refractivity (Wildman–Crippen MR) is 46.8 cm³/mol. The zero-order valence-electron chi connectivity index (χ0n) is 10.8. The molecule has 0 aromatic rings. The molecule has 0 fully saturated rings. The maximum Gasteiger partial charge on any atom is 1.00 e. The third-order valence-electron chi connectivity index (χ3n) is 1.99. The molecule has 0 aliphatic carbocycles. The van der Waals surface area contributed by atoms with E-state index in [0.29, 0.717) is 6.42 Å². The molecular weight excluding hydrogens is 230 g/mol. The van der Waals surface area contributed by atoms with Gasteiger partial charge in [0.25, 0.3) is 0 Å². The smallest absolute Gasteiger partial charge is 0.549 e. The molecule has 0 atom stereocenters. The quantitative estimate of drug-likeness (QED) is 0.357. The Labute approximate surface area is 141 Å². The van der Waals surface area contributed by atoms with Crippen molar-refractivity contribution in [1.29, 1.82) is 0 Å². The van der Waals surface area contributed by atoms with Crippen LogP contribution in [0.3, 0.4) is 0 Å². The van der Waals surface area contributed by atoms with Crippen LogP contribution in [0.25, 0.3) is 0 Å². The third kappa shape index (κ3) is 11.4. The predicted octanol–water partition coefficient (Wildman–Crippen LogP) is -6.67. The van der Waals surface area contributed by atoms with Gasteiger partial charge < -0.3 is 19.8 Å². The SMILES string of the molecule is CC(C)(C)CCCC(C(=O)[O-])C(=O)[O-].[Na+].[Na+]. The molecule has 0 unspecified atom stereocenters. The fourth-order valence-electron chi connectivity index (χ4n) is 1.17. The number of aliphatic carboxylic acids is 2. The Bertz CT molecular complexity index is 209. The normalized spacial score (nSPS) is 10.2. The van der Waals surface area contributed by atoms with Crippen LogP contribution in [-0.2, 0) is 9.59 Å². The summed E-state index contributed by atoms with van der Waals surface area (Å²) in [4.78, 5) is 20.7. The number of carbonyl (C=O) groups is 2. The van der Waals surface area contributed by atoms with Gasteiger partial charge in [-0.05, 0) is 18.3 Å². The molecule has 0 aromatic heterocycles. The minimum absolute atomic E-state index is 0. The molecule has 0 rings (SSSR count). The van der Waals surface area contributed by atoms with Gasteiger partial charge in [-0.2, -0.15) is 0 Å². The molecule has 0 N–H and O–H groups in total. The van der Waals surface area contributed by atoms with Crippen molar-refractivity contribution < 1.29 is 78.9 Å². The molecule has 0 saturated heterocycles. The average Bonchev–Trinajstić information content (AvgIpc) is 1.94. The Morgan fingerprint density at radius 3 is 1.69 bits per heavy atom. The van der Waals surface area contributed by atoms with Gasteiger partial charge in [-0.3, -0.25) is 0 Å². The molecule has 0 heterocycles. The largest absolute Gasteiger partial charge is 1.00 e. The fourth-order valence-corrected chi connectivity index (χ4v) is 1.17. The molecule has 0 aliphatic heterocycles. The van der Waals surface area contributed by atoms with Crippen molar-refractivity contribution in [2.45, 2.75) is 40.0 Å². The van der Waals surface area contributed by atoms with Gasteiger partial charge in [0.2, 0.25) is 0 Å². The van der Waals surface area contributed by atoms with Gasteiger partial charge in [0.15, 0.2) is 0 Å². The van der Waals surface area contributed by atoms with Gasteiger partial charge in [0, 0.05) is 5.92 Å². The van der Waals surface area contributed by atoms with Gasteiger partial charge in [0.1, 0.15) is 0 Å². The first-order valence-corrected chi connectivity index (χ1v) is 4.66.